The molecule has 0 spiro atoms. The second kappa shape index (κ2) is 10.7. The summed E-state index contributed by atoms with van der Waals surface area (Å²) in [6, 6.07) is 9.19. The third-order valence-corrected chi connectivity index (χ3v) is 7.23. The van der Waals surface area contributed by atoms with E-state index in [1.54, 1.807) is 12.0 Å². The molecule has 38 heavy (non-hydrogen) atoms. The van der Waals surface area contributed by atoms with E-state index in [1.807, 2.05) is 41.8 Å². The summed E-state index contributed by atoms with van der Waals surface area (Å²) in [5, 5.41) is 3.59. The smallest absolute Gasteiger partial charge is 0.255 e. The number of aromatic nitrogens is 3. The number of nitrogens with two attached hydrogens (primary N) is 1. The second-order valence-corrected chi connectivity index (χ2v) is 9.89. The molecule has 3 atom stereocenters. The van der Waals surface area contributed by atoms with Crippen molar-refractivity contribution < 1.29 is 14.3 Å². The van der Waals surface area contributed by atoms with Crippen LogP contribution in [0.1, 0.15) is 59.9 Å². The SMILES string of the molecule is C=CC(=O)N1C[C@H](n2c(C#CC3CC3)c(C(=O)NC(C)c3ccccc3)c3c(N)ncnc32)C[C@@H]1COC. The molecule has 2 aliphatic rings. The number of likely N-dealkylation sites (tertiary alicyclic amines) is 1. The van der Waals surface area contributed by atoms with Crippen LogP contribution in [0.5, 0.6) is 0 Å². The third-order valence-electron chi connectivity index (χ3n) is 7.23. The van der Waals surface area contributed by atoms with Crippen LogP contribution >= 0.6 is 0 Å². The fraction of sp³-hybridized carbons (Fsp3) is 0.379. The first-order valence-corrected chi connectivity index (χ1v) is 12.9. The minimum atomic E-state index is -0.294. The summed E-state index contributed by atoms with van der Waals surface area (Å²) in [5.74, 6) is 6.69. The number of nitrogens with zero attached hydrogens (tertiary/aromatic N) is 4. The van der Waals surface area contributed by atoms with E-state index in [4.69, 9.17) is 10.5 Å². The van der Waals surface area contributed by atoms with Crippen LogP contribution in [0.15, 0.2) is 49.3 Å². The highest BCUT2D eigenvalue weighted by Gasteiger charge is 2.38. The summed E-state index contributed by atoms with van der Waals surface area (Å²) in [4.78, 5) is 37.1. The fourth-order valence-electron chi connectivity index (χ4n) is 5.16. The largest absolute Gasteiger partial charge is 0.383 e. The van der Waals surface area contributed by atoms with E-state index in [0.29, 0.717) is 47.8 Å². The summed E-state index contributed by atoms with van der Waals surface area (Å²) < 4.78 is 7.39. The highest BCUT2D eigenvalue weighted by molar-refractivity contribution is 6.12. The lowest BCUT2D eigenvalue weighted by atomic mass is 10.1. The quantitative estimate of drug-likeness (QED) is 0.371. The number of carbonyl (C=O) groups is 2. The van der Waals surface area contributed by atoms with Gasteiger partial charge in [-0.2, -0.15) is 0 Å². The molecule has 3 aromatic rings. The first kappa shape index (κ1) is 25.5. The topological polar surface area (TPSA) is 115 Å². The van der Waals surface area contributed by atoms with Crippen LogP contribution in [0, 0.1) is 17.8 Å². The van der Waals surface area contributed by atoms with Crippen LogP contribution in [-0.2, 0) is 9.53 Å². The number of ether oxygens (including phenoxy) is 1. The van der Waals surface area contributed by atoms with E-state index in [2.05, 4.69) is 33.7 Å². The van der Waals surface area contributed by atoms with Crippen LogP contribution in [0.4, 0.5) is 5.82 Å². The Kier molecular flexibility index (Phi) is 7.16. The number of nitrogens with one attached hydrogen (secondary N) is 1. The lowest BCUT2D eigenvalue weighted by molar-refractivity contribution is -0.127. The van der Waals surface area contributed by atoms with Gasteiger partial charge in [-0.3, -0.25) is 9.59 Å². The number of rotatable bonds is 7. The van der Waals surface area contributed by atoms with Crippen molar-refractivity contribution in [2.75, 3.05) is 26.0 Å². The predicted molar refractivity (Wildman–Crippen MR) is 145 cm³/mol. The Labute approximate surface area is 222 Å². The lowest BCUT2D eigenvalue weighted by Gasteiger charge is -2.22. The zero-order valence-electron chi connectivity index (χ0n) is 21.7. The van der Waals surface area contributed by atoms with Crippen LogP contribution in [0.25, 0.3) is 11.0 Å². The Morgan fingerprint density at radius 2 is 2.05 bits per heavy atom. The molecule has 9 heteroatoms. The molecular formula is C29H32N6O3. The molecule has 1 aromatic carbocycles. The first-order valence-electron chi connectivity index (χ1n) is 12.9. The van der Waals surface area contributed by atoms with Gasteiger partial charge in [0.15, 0.2) is 0 Å². The molecule has 196 valence electrons. The summed E-state index contributed by atoms with van der Waals surface area (Å²) >= 11 is 0. The number of nitrogen functional groups attached to an aromatic ring is 1. The van der Waals surface area contributed by atoms with Crippen molar-refractivity contribution in [2.45, 2.75) is 44.3 Å². The Morgan fingerprint density at radius 1 is 1.29 bits per heavy atom. The average Bonchev–Trinajstić information content (AvgIpc) is 3.57. The number of hydrogen-bond donors (Lipinski definition) is 2. The average molecular weight is 513 g/mol. The predicted octanol–water partition coefficient (Wildman–Crippen LogP) is 3.24. The Morgan fingerprint density at radius 3 is 2.74 bits per heavy atom. The highest BCUT2D eigenvalue weighted by atomic mass is 16.5. The fourth-order valence-corrected chi connectivity index (χ4v) is 5.16. The summed E-state index contributed by atoms with van der Waals surface area (Å²) in [6.45, 7) is 6.39. The molecule has 1 aliphatic carbocycles. The number of amides is 2. The number of methoxy groups -OCH3 is 1. The van der Waals surface area contributed by atoms with E-state index in [0.717, 1.165) is 18.4 Å². The van der Waals surface area contributed by atoms with E-state index in [1.165, 1.54) is 12.4 Å². The van der Waals surface area contributed by atoms with Crippen molar-refractivity contribution in [1.82, 2.24) is 24.8 Å². The molecule has 0 bridgehead atoms. The van der Waals surface area contributed by atoms with Gasteiger partial charge in [0.25, 0.3) is 5.91 Å². The minimum Gasteiger partial charge on any atom is -0.383 e. The Bertz CT molecular complexity index is 1430. The van der Waals surface area contributed by atoms with Crippen LogP contribution in [0.2, 0.25) is 0 Å². The van der Waals surface area contributed by atoms with Gasteiger partial charge in [0.05, 0.1) is 35.7 Å². The third kappa shape index (κ3) is 4.87. The lowest BCUT2D eigenvalue weighted by Crippen LogP contribution is -2.37. The monoisotopic (exact) mass is 512 g/mol. The van der Waals surface area contributed by atoms with E-state index >= 15 is 0 Å². The van der Waals surface area contributed by atoms with E-state index in [9.17, 15) is 9.59 Å². The Hall–Kier alpha value is -4.16. The maximum atomic E-state index is 13.9. The van der Waals surface area contributed by atoms with Crippen molar-refractivity contribution in [1.29, 1.82) is 0 Å². The number of carbonyl (C=O) groups excluding carboxylic acids is 2. The molecule has 1 unspecified atom stereocenters. The number of fused-ring (bicyclic) bond motifs is 1. The summed E-state index contributed by atoms with van der Waals surface area (Å²) in [7, 11) is 1.62. The molecule has 1 saturated heterocycles. The van der Waals surface area contributed by atoms with E-state index < -0.39 is 0 Å². The van der Waals surface area contributed by atoms with Crippen molar-refractivity contribution in [3.05, 3.63) is 66.1 Å². The number of benzene rings is 1. The molecule has 5 rings (SSSR count). The highest BCUT2D eigenvalue weighted by Crippen LogP contribution is 2.37. The standard InChI is InChI=1S/C29H32N6O3/c1-4-24(36)34-15-21(14-22(34)16-38-3)35-23(13-12-19-10-11-19)25(26-27(30)31-17-32-28(26)35)29(37)33-18(2)20-8-6-5-7-9-20/h4-9,17-19,21-22H,1,10-11,14-16H2,2-3H3,(H,33,37)(H2,30,31,32)/t18?,21-,22-/m1/s1. The number of hydrogen-bond acceptors (Lipinski definition) is 6. The first-order chi connectivity index (χ1) is 18.4. The second-order valence-electron chi connectivity index (χ2n) is 9.89. The minimum absolute atomic E-state index is 0.147. The van der Waals surface area contributed by atoms with Gasteiger partial charge in [0.1, 0.15) is 23.5 Å². The molecule has 0 radical (unpaired) electrons. The molecule has 9 nitrogen and oxygen atoms in total. The number of anilines is 1. The van der Waals surface area contributed by atoms with Gasteiger partial charge in [-0.25, -0.2) is 9.97 Å². The van der Waals surface area contributed by atoms with Crippen LogP contribution < -0.4 is 11.1 Å². The van der Waals surface area contributed by atoms with Gasteiger partial charge < -0.3 is 25.3 Å². The van der Waals surface area contributed by atoms with Crippen molar-refractivity contribution in [2.24, 2.45) is 5.92 Å². The summed E-state index contributed by atoms with van der Waals surface area (Å²) in [5.41, 5.74) is 8.80. The normalized spacial score (nSPS) is 19.6. The van der Waals surface area contributed by atoms with Crippen LogP contribution in [-0.4, -0.2) is 57.6 Å². The molecule has 1 saturated carbocycles. The van der Waals surface area contributed by atoms with Gasteiger partial charge in [-0.05, 0) is 43.7 Å². The molecule has 2 aromatic heterocycles. The van der Waals surface area contributed by atoms with Gasteiger partial charge >= 0.3 is 0 Å². The van der Waals surface area contributed by atoms with E-state index in [-0.39, 0.29) is 35.8 Å². The van der Waals surface area contributed by atoms with Crippen molar-refractivity contribution in [3.63, 3.8) is 0 Å². The van der Waals surface area contributed by atoms with Crippen molar-refractivity contribution >= 4 is 28.7 Å². The molecule has 3 N–H and O–H groups in total. The van der Waals surface area contributed by atoms with Gasteiger partial charge in [-0.1, -0.05) is 42.8 Å². The van der Waals surface area contributed by atoms with Gasteiger partial charge in [-0.15, -0.1) is 0 Å². The van der Waals surface area contributed by atoms with Gasteiger partial charge in [0.2, 0.25) is 5.91 Å². The molecular weight excluding hydrogens is 480 g/mol. The molecule has 3 heterocycles. The zero-order chi connectivity index (χ0) is 26.8. The molecule has 2 fully saturated rings. The maximum Gasteiger partial charge on any atom is 0.255 e. The zero-order valence-corrected chi connectivity index (χ0v) is 21.7. The Balaban J connectivity index is 1.63. The van der Waals surface area contributed by atoms with Gasteiger partial charge in [0, 0.05) is 19.6 Å². The van der Waals surface area contributed by atoms with Crippen LogP contribution in [0.3, 0.4) is 0 Å². The maximum absolute atomic E-state index is 13.9. The molecule has 1 aliphatic heterocycles. The van der Waals surface area contributed by atoms with Crippen molar-refractivity contribution in [3.8, 4) is 11.8 Å². The molecule has 2 amide bonds. The summed E-state index contributed by atoms with van der Waals surface area (Å²) in [6.07, 6.45) is 5.41.